The Hall–Kier alpha value is -1.27. The molecule has 0 aromatic carbocycles. The zero-order valence-corrected chi connectivity index (χ0v) is 7.21. The average Bonchev–Trinajstić information content (AvgIpc) is 2.00. The van der Waals surface area contributed by atoms with E-state index in [2.05, 4.69) is 18.4 Å². The molecule has 0 fully saturated rings. The summed E-state index contributed by atoms with van der Waals surface area (Å²) in [5.74, 6) is 4.68. The number of hydrogen-bond donors (Lipinski definition) is 1. The Kier molecular flexibility index (Phi) is 5.76. The van der Waals surface area contributed by atoms with E-state index in [9.17, 15) is 4.79 Å². The Balaban J connectivity index is 3.90. The first-order chi connectivity index (χ1) is 5.70. The molecule has 0 aliphatic heterocycles. The number of carboxylic acids is 1. The fourth-order valence-electron chi connectivity index (χ4n) is 0.750. The van der Waals surface area contributed by atoms with Gasteiger partial charge in [-0.05, 0) is 6.92 Å². The minimum Gasteiger partial charge on any atom is -0.480 e. The van der Waals surface area contributed by atoms with Crippen LogP contribution in [0.5, 0.6) is 0 Å². The molecule has 0 spiro atoms. The summed E-state index contributed by atoms with van der Waals surface area (Å²) in [5, 5.41) is 8.49. The van der Waals surface area contributed by atoms with E-state index in [1.807, 2.05) is 0 Å². The first-order valence-corrected chi connectivity index (χ1v) is 3.65. The van der Waals surface area contributed by atoms with E-state index in [1.54, 1.807) is 17.9 Å². The molecule has 0 aliphatic rings. The van der Waals surface area contributed by atoms with Gasteiger partial charge in [0, 0.05) is 6.54 Å². The Morgan fingerprint density at radius 1 is 1.75 bits per heavy atom. The van der Waals surface area contributed by atoms with Gasteiger partial charge in [0.05, 0.1) is 13.1 Å². The highest BCUT2D eigenvalue weighted by Crippen LogP contribution is 1.86. The molecule has 66 valence electrons. The summed E-state index contributed by atoms with van der Waals surface area (Å²) in [4.78, 5) is 12.0. The molecule has 0 bridgehead atoms. The number of carbonyl (C=O) groups is 1. The first kappa shape index (κ1) is 10.7. The second kappa shape index (κ2) is 6.44. The van der Waals surface area contributed by atoms with E-state index < -0.39 is 5.97 Å². The summed E-state index contributed by atoms with van der Waals surface area (Å²) < 4.78 is 0. The smallest absolute Gasteiger partial charge is 0.317 e. The van der Waals surface area contributed by atoms with Crippen LogP contribution >= 0.6 is 0 Å². The fourth-order valence-corrected chi connectivity index (χ4v) is 0.750. The molecule has 0 aromatic rings. The van der Waals surface area contributed by atoms with Crippen molar-refractivity contribution in [2.24, 2.45) is 0 Å². The highest BCUT2D eigenvalue weighted by molar-refractivity contribution is 5.69. The van der Waals surface area contributed by atoms with Gasteiger partial charge < -0.3 is 5.11 Å². The second-order valence-corrected chi connectivity index (χ2v) is 2.28. The standard InChI is InChI=1S/C9H13NO2/c1-3-5-7-10(6-4-2)8-9(11)12/h4H,2,6-8H2,1H3,(H,11,12). The largest absolute Gasteiger partial charge is 0.480 e. The number of rotatable bonds is 5. The molecule has 0 radical (unpaired) electrons. The monoisotopic (exact) mass is 167 g/mol. The molecule has 3 heteroatoms. The van der Waals surface area contributed by atoms with Crippen molar-refractivity contribution >= 4 is 5.97 Å². The molecule has 0 aliphatic carbocycles. The lowest BCUT2D eigenvalue weighted by Gasteiger charge is -2.13. The van der Waals surface area contributed by atoms with Gasteiger partial charge in [0.15, 0.2) is 0 Å². The van der Waals surface area contributed by atoms with Crippen LogP contribution in [0.3, 0.4) is 0 Å². The van der Waals surface area contributed by atoms with Gasteiger partial charge in [0.25, 0.3) is 0 Å². The molecule has 0 heterocycles. The van der Waals surface area contributed by atoms with Crippen LogP contribution in [0.25, 0.3) is 0 Å². The van der Waals surface area contributed by atoms with Gasteiger partial charge >= 0.3 is 5.97 Å². The van der Waals surface area contributed by atoms with Crippen LogP contribution in [0.4, 0.5) is 0 Å². The molecule has 0 saturated heterocycles. The predicted octanol–water partition coefficient (Wildman–Crippen LogP) is 0.582. The van der Waals surface area contributed by atoms with Crippen molar-refractivity contribution in [1.29, 1.82) is 0 Å². The van der Waals surface area contributed by atoms with Crippen LogP contribution in [0.15, 0.2) is 12.7 Å². The van der Waals surface area contributed by atoms with Crippen LogP contribution in [0, 0.1) is 11.8 Å². The normalized spacial score (nSPS) is 8.83. The number of carboxylic acid groups (broad SMARTS) is 1. The van der Waals surface area contributed by atoms with E-state index >= 15 is 0 Å². The summed E-state index contributed by atoms with van der Waals surface area (Å²) >= 11 is 0. The van der Waals surface area contributed by atoms with Crippen molar-refractivity contribution in [2.75, 3.05) is 19.6 Å². The zero-order valence-electron chi connectivity index (χ0n) is 7.21. The van der Waals surface area contributed by atoms with Crippen LogP contribution in [0.1, 0.15) is 6.92 Å². The molecule has 0 atom stereocenters. The van der Waals surface area contributed by atoms with E-state index in [-0.39, 0.29) is 6.54 Å². The summed E-state index contributed by atoms with van der Waals surface area (Å²) in [6, 6.07) is 0. The third kappa shape index (κ3) is 5.51. The topological polar surface area (TPSA) is 40.5 Å². The molecule has 0 saturated carbocycles. The van der Waals surface area contributed by atoms with Crippen LogP contribution in [-0.4, -0.2) is 35.6 Å². The molecule has 0 aromatic heterocycles. The van der Waals surface area contributed by atoms with Gasteiger partial charge in [-0.2, -0.15) is 0 Å². The Labute approximate surface area is 72.7 Å². The van der Waals surface area contributed by atoms with Gasteiger partial charge in [-0.25, -0.2) is 0 Å². The number of nitrogens with zero attached hydrogens (tertiary/aromatic N) is 1. The molecule has 0 unspecified atom stereocenters. The van der Waals surface area contributed by atoms with Gasteiger partial charge in [-0.3, -0.25) is 9.69 Å². The molecule has 0 amide bonds. The lowest BCUT2D eigenvalue weighted by molar-refractivity contribution is -0.138. The highest BCUT2D eigenvalue weighted by atomic mass is 16.4. The lowest BCUT2D eigenvalue weighted by atomic mass is 10.4. The molecule has 3 nitrogen and oxygen atoms in total. The zero-order chi connectivity index (χ0) is 9.40. The summed E-state index contributed by atoms with van der Waals surface area (Å²) in [6.45, 7) is 6.31. The predicted molar refractivity (Wildman–Crippen MR) is 47.7 cm³/mol. The number of hydrogen-bond acceptors (Lipinski definition) is 2. The van der Waals surface area contributed by atoms with Gasteiger partial charge in [-0.1, -0.05) is 12.0 Å². The van der Waals surface area contributed by atoms with Gasteiger partial charge in [-0.15, -0.1) is 12.5 Å². The summed E-state index contributed by atoms with van der Waals surface area (Å²) in [5.41, 5.74) is 0. The quantitative estimate of drug-likeness (QED) is 0.481. The molecular weight excluding hydrogens is 154 g/mol. The van der Waals surface area contributed by atoms with Crippen LogP contribution in [-0.2, 0) is 4.79 Å². The summed E-state index contributed by atoms with van der Waals surface area (Å²) in [6.07, 6.45) is 1.67. The minimum atomic E-state index is -0.838. The molecule has 0 rings (SSSR count). The van der Waals surface area contributed by atoms with E-state index in [4.69, 9.17) is 5.11 Å². The van der Waals surface area contributed by atoms with Crippen LogP contribution < -0.4 is 0 Å². The Bertz CT molecular complexity index is 212. The van der Waals surface area contributed by atoms with Crippen molar-refractivity contribution in [3.05, 3.63) is 12.7 Å². The van der Waals surface area contributed by atoms with Crippen molar-refractivity contribution in [3.63, 3.8) is 0 Å². The third-order valence-electron chi connectivity index (χ3n) is 1.23. The number of aliphatic carboxylic acids is 1. The van der Waals surface area contributed by atoms with Crippen LogP contribution in [0.2, 0.25) is 0 Å². The summed E-state index contributed by atoms with van der Waals surface area (Å²) in [7, 11) is 0. The van der Waals surface area contributed by atoms with Crippen molar-refractivity contribution < 1.29 is 9.90 Å². The van der Waals surface area contributed by atoms with E-state index in [0.29, 0.717) is 13.1 Å². The van der Waals surface area contributed by atoms with E-state index in [1.165, 1.54) is 0 Å². The molecule has 12 heavy (non-hydrogen) atoms. The second-order valence-electron chi connectivity index (χ2n) is 2.28. The van der Waals surface area contributed by atoms with Gasteiger partial charge in [0.2, 0.25) is 0 Å². The van der Waals surface area contributed by atoms with Crippen molar-refractivity contribution in [3.8, 4) is 11.8 Å². The maximum Gasteiger partial charge on any atom is 0.317 e. The minimum absolute atomic E-state index is 0.0146. The molecular formula is C9H13NO2. The Morgan fingerprint density at radius 2 is 2.42 bits per heavy atom. The van der Waals surface area contributed by atoms with Crippen molar-refractivity contribution in [1.82, 2.24) is 4.90 Å². The molecule has 1 N–H and O–H groups in total. The highest BCUT2D eigenvalue weighted by Gasteiger charge is 2.05. The van der Waals surface area contributed by atoms with Gasteiger partial charge in [0.1, 0.15) is 0 Å². The fraction of sp³-hybridized carbons (Fsp3) is 0.444. The average molecular weight is 167 g/mol. The Morgan fingerprint density at radius 3 is 2.83 bits per heavy atom. The lowest BCUT2D eigenvalue weighted by Crippen LogP contribution is -2.30. The third-order valence-corrected chi connectivity index (χ3v) is 1.23. The first-order valence-electron chi connectivity index (χ1n) is 3.65. The SMILES string of the molecule is C=CCN(CC#CC)CC(=O)O. The maximum atomic E-state index is 10.3. The van der Waals surface area contributed by atoms with Crippen molar-refractivity contribution in [2.45, 2.75) is 6.92 Å². The maximum absolute atomic E-state index is 10.3. The van der Waals surface area contributed by atoms with E-state index in [0.717, 1.165) is 0 Å².